The lowest BCUT2D eigenvalue weighted by molar-refractivity contribution is -0.146. The minimum absolute atomic E-state index is 0.147. The Balaban J connectivity index is 3.04. The molecule has 0 aromatic heterocycles. The molecule has 8 heteroatoms. The molecule has 132 valence electrons. The molecule has 1 aromatic rings. The third-order valence-electron chi connectivity index (χ3n) is 2.78. The van der Waals surface area contributed by atoms with E-state index in [0.717, 1.165) is 5.56 Å². The number of hydrogen-bond acceptors (Lipinski definition) is 6. The summed E-state index contributed by atoms with van der Waals surface area (Å²) in [5, 5.41) is 4.14. The van der Waals surface area contributed by atoms with Crippen molar-refractivity contribution in [1.29, 1.82) is 0 Å². The van der Waals surface area contributed by atoms with Crippen LogP contribution >= 0.6 is 35.0 Å². The van der Waals surface area contributed by atoms with Crippen molar-refractivity contribution in [2.24, 2.45) is 0 Å². The molecule has 5 nitrogen and oxygen atoms in total. The maximum atomic E-state index is 12.1. The summed E-state index contributed by atoms with van der Waals surface area (Å²) in [5.74, 6) is -0.959. The molecule has 1 rings (SSSR count). The number of rotatable bonds is 8. The molecule has 0 saturated carbocycles. The van der Waals surface area contributed by atoms with Crippen LogP contribution in [-0.4, -0.2) is 32.2 Å². The van der Waals surface area contributed by atoms with Gasteiger partial charge in [-0.3, -0.25) is 0 Å². The second-order valence-corrected chi connectivity index (χ2v) is 6.23. The Bertz CT molecular complexity index is 615. The van der Waals surface area contributed by atoms with Crippen LogP contribution in [-0.2, 0) is 24.8 Å². The van der Waals surface area contributed by atoms with Crippen molar-refractivity contribution in [2.75, 3.05) is 20.3 Å². The molecule has 0 fully saturated rings. The summed E-state index contributed by atoms with van der Waals surface area (Å²) in [4.78, 5) is 24.2. The summed E-state index contributed by atoms with van der Waals surface area (Å²) in [7, 11) is 1.62. The zero-order chi connectivity index (χ0) is 18.1. The largest absolute Gasteiger partial charge is 0.462 e. The molecular formula is C16H19Cl2NO4S. The van der Waals surface area contributed by atoms with Crippen LogP contribution in [0.5, 0.6) is 0 Å². The molecular weight excluding hydrogens is 373 g/mol. The van der Waals surface area contributed by atoms with Crippen molar-refractivity contribution in [1.82, 2.24) is 5.32 Å². The summed E-state index contributed by atoms with van der Waals surface area (Å²) >= 11 is 13.2. The van der Waals surface area contributed by atoms with Gasteiger partial charge in [-0.2, -0.15) is 0 Å². The van der Waals surface area contributed by atoms with Crippen LogP contribution in [0.2, 0.25) is 10.0 Å². The van der Waals surface area contributed by atoms with E-state index in [4.69, 9.17) is 32.7 Å². The number of halogens is 2. The fourth-order valence-electron chi connectivity index (χ4n) is 1.73. The van der Waals surface area contributed by atoms with Gasteiger partial charge in [0.2, 0.25) is 0 Å². The van der Waals surface area contributed by atoms with E-state index in [9.17, 15) is 9.59 Å². The van der Waals surface area contributed by atoms with Crippen LogP contribution in [0.25, 0.3) is 0 Å². The molecule has 0 aliphatic rings. The van der Waals surface area contributed by atoms with E-state index in [1.165, 1.54) is 11.8 Å². The highest BCUT2D eigenvalue weighted by molar-refractivity contribution is 8.02. The number of nitrogens with one attached hydrogen (secondary N) is 1. The van der Waals surface area contributed by atoms with Gasteiger partial charge in [0, 0.05) is 12.8 Å². The van der Waals surface area contributed by atoms with Gasteiger partial charge in [0.05, 0.1) is 28.3 Å². The SMILES string of the molecule is CCOC(=O)C(C(=O)OCC)=C(NC)SCc1ccc(Cl)c(Cl)c1. The molecule has 0 radical (unpaired) electrons. The van der Waals surface area contributed by atoms with E-state index >= 15 is 0 Å². The lowest BCUT2D eigenvalue weighted by atomic mass is 10.2. The first kappa shape index (κ1) is 20.7. The van der Waals surface area contributed by atoms with Gasteiger partial charge >= 0.3 is 11.9 Å². The number of thioether (sulfide) groups is 1. The average Bonchev–Trinajstić information content (AvgIpc) is 2.54. The standard InChI is InChI=1S/C16H19Cl2NO4S/c1-4-22-15(20)13(16(21)23-5-2)14(19-3)24-9-10-6-7-11(17)12(18)8-10/h6-8,19H,4-5,9H2,1-3H3. The quantitative estimate of drug-likeness (QED) is 0.314. The minimum Gasteiger partial charge on any atom is -0.462 e. The van der Waals surface area contributed by atoms with Crippen molar-refractivity contribution >= 4 is 46.9 Å². The van der Waals surface area contributed by atoms with Gasteiger partial charge in [0.25, 0.3) is 0 Å². The maximum Gasteiger partial charge on any atom is 0.348 e. The van der Waals surface area contributed by atoms with Crippen LogP contribution < -0.4 is 5.32 Å². The van der Waals surface area contributed by atoms with Crippen LogP contribution in [0.1, 0.15) is 19.4 Å². The lowest BCUT2D eigenvalue weighted by Crippen LogP contribution is -2.23. The minimum atomic E-state index is -0.720. The Labute approximate surface area is 155 Å². The lowest BCUT2D eigenvalue weighted by Gasteiger charge is -2.13. The number of carbonyl (C=O) groups is 2. The average molecular weight is 392 g/mol. The monoisotopic (exact) mass is 391 g/mol. The first-order chi connectivity index (χ1) is 11.4. The summed E-state index contributed by atoms with van der Waals surface area (Å²) in [6.07, 6.45) is 0. The van der Waals surface area contributed by atoms with Crippen molar-refractivity contribution in [2.45, 2.75) is 19.6 Å². The maximum absolute atomic E-state index is 12.1. The molecule has 0 unspecified atom stereocenters. The predicted molar refractivity (Wildman–Crippen MR) is 97.1 cm³/mol. The smallest absolute Gasteiger partial charge is 0.348 e. The fourth-order valence-corrected chi connectivity index (χ4v) is 3.00. The van der Waals surface area contributed by atoms with Gasteiger partial charge < -0.3 is 14.8 Å². The summed E-state index contributed by atoms with van der Waals surface area (Å²) in [6, 6.07) is 5.25. The van der Waals surface area contributed by atoms with Gasteiger partial charge in [0.15, 0.2) is 5.57 Å². The molecule has 1 aromatic carbocycles. The Kier molecular flexibility index (Phi) is 9.03. The van der Waals surface area contributed by atoms with Gasteiger partial charge in [-0.15, -0.1) is 11.8 Å². The molecule has 0 spiro atoms. The van der Waals surface area contributed by atoms with Crippen molar-refractivity contribution in [3.05, 3.63) is 44.4 Å². The van der Waals surface area contributed by atoms with Gasteiger partial charge in [0.1, 0.15) is 0 Å². The molecule has 0 atom stereocenters. The van der Waals surface area contributed by atoms with Crippen LogP contribution in [0.4, 0.5) is 0 Å². The predicted octanol–water partition coefficient (Wildman–Crippen LogP) is 3.78. The Morgan fingerprint density at radius 3 is 2.12 bits per heavy atom. The number of esters is 2. The topological polar surface area (TPSA) is 64.6 Å². The Hall–Kier alpha value is -1.37. The summed E-state index contributed by atoms with van der Waals surface area (Å²) in [5.41, 5.74) is 0.750. The normalized spacial score (nSPS) is 10.0. The number of hydrogen-bond donors (Lipinski definition) is 1. The van der Waals surface area contributed by atoms with Gasteiger partial charge in [-0.25, -0.2) is 9.59 Å². The Morgan fingerprint density at radius 1 is 1.08 bits per heavy atom. The molecule has 0 heterocycles. The van der Waals surface area contributed by atoms with E-state index in [-0.39, 0.29) is 18.8 Å². The van der Waals surface area contributed by atoms with E-state index in [0.29, 0.717) is 20.8 Å². The third kappa shape index (κ3) is 5.92. The molecule has 0 aliphatic heterocycles. The molecule has 0 amide bonds. The first-order valence-electron chi connectivity index (χ1n) is 7.27. The van der Waals surface area contributed by atoms with Gasteiger partial charge in [-0.05, 0) is 31.5 Å². The van der Waals surface area contributed by atoms with E-state index in [1.54, 1.807) is 33.0 Å². The number of benzene rings is 1. The highest BCUT2D eigenvalue weighted by Crippen LogP contribution is 2.28. The van der Waals surface area contributed by atoms with Gasteiger partial charge in [-0.1, -0.05) is 29.3 Å². The van der Waals surface area contributed by atoms with Crippen molar-refractivity contribution in [3.63, 3.8) is 0 Å². The number of carbonyl (C=O) groups excluding carboxylic acids is 2. The van der Waals surface area contributed by atoms with E-state index in [1.807, 2.05) is 6.07 Å². The van der Waals surface area contributed by atoms with Crippen LogP contribution in [0.15, 0.2) is 28.8 Å². The molecule has 1 N–H and O–H groups in total. The summed E-state index contributed by atoms with van der Waals surface area (Å²) < 4.78 is 9.90. The molecule has 24 heavy (non-hydrogen) atoms. The van der Waals surface area contributed by atoms with Crippen molar-refractivity contribution in [3.8, 4) is 0 Å². The highest BCUT2D eigenvalue weighted by atomic mass is 35.5. The zero-order valence-electron chi connectivity index (χ0n) is 13.7. The summed E-state index contributed by atoms with van der Waals surface area (Å²) in [6.45, 7) is 3.66. The van der Waals surface area contributed by atoms with Crippen LogP contribution in [0, 0.1) is 0 Å². The van der Waals surface area contributed by atoms with E-state index < -0.39 is 11.9 Å². The first-order valence-corrected chi connectivity index (χ1v) is 9.01. The number of ether oxygens (including phenoxy) is 2. The Morgan fingerprint density at radius 2 is 1.67 bits per heavy atom. The molecule has 0 aliphatic carbocycles. The zero-order valence-corrected chi connectivity index (χ0v) is 16.0. The van der Waals surface area contributed by atoms with Crippen LogP contribution in [0.3, 0.4) is 0 Å². The highest BCUT2D eigenvalue weighted by Gasteiger charge is 2.26. The van der Waals surface area contributed by atoms with E-state index in [2.05, 4.69) is 5.32 Å². The molecule has 0 saturated heterocycles. The fraction of sp³-hybridized carbons (Fsp3) is 0.375. The third-order valence-corrected chi connectivity index (χ3v) is 4.69. The molecule has 0 bridgehead atoms. The second kappa shape index (κ2) is 10.5. The van der Waals surface area contributed by atoms with Crippen molar-refractivity contribution < 1.29 is 19.1 Å². The second-order valence-electron chi connectivity index (χ2n) is 4.43.